The summed E-state index contributed by atoms with van der Waals surface area (Å²) in [5.41, 5.74) is 6.75. The van der Waals surface area contributed by atoms with Crippen LogP contribution >= 0.6 is 0 Å². The van der Waals surface area contributed by atoms with E-state index in [2.05, 4.69) is 41.3 Å². The summed E-state index contributed by atoms with van der Waals surface area (Å²) in [6.07, 6.45) is 5.59. The van der Waals surface area contributed by atoms with E-state index in [1.54, 1.807) is 10.7 Å². The lowest BCUT2D eigenvalue weighted by Crippen LogP contribution is -2.04. The van der Waals surface area contributed by atoms with E-state index in [1.807, 2.05) is 37.5 Å². The second-order valence-corrected chi connectivity index (χ2v) is 7.35. The minimum atomic E-state index is -1.52. The molecule has 5 nitrogen and oxygen atoms in total. The maximum atomic E-state index is 11.7. The summed E-state index contributed by atoms with van der Waals surface area (Å²) in [7, 11) is -1.52. The molecular formula is C20H18N4OS. The Bertz CT molecular complexity index is 1130. The lowest BCUT2D eigenvalue weighted by atomic mass is 10.1. The van der Waals surface area contributed by atoms with Crippen molar-refractivity contribution in [3.63, 3.8) is 0 Å². The van der Waals surface area contributed by atoms with E-state index in [0.717, 1.165) is 33.5 Å². The van der Waals surface area contributed by atoms with Crippen LogP contribution in [0.5, 0.6) is 0 Å². The van der Waals surface area contributed by atoms with Gasteiger partial charge < -0.3 is 0 Å². The van der Waals surface area contributed by atoms with E-state index in [4.69, 9.17) is 5.14 Å². The summed E-state index contributed by atoms with van der Waals surface area (Å²) in [4.78, 5) is 5.23. The lowest BCUT2D eigenvalue weighted by molar-refractivity contribution is 0.684. The van der Waals surface area contributed by atoms with Crippen molar-refractivity contribution in [2.45, 2.75) is 18.7 Å². The van der Waals surface area contributed by atoms with Crippen LogP contribution in [-0.2, 0) is 11.0 Å². The van der Waals surface area contributed by atoms with Gasteiger partial charge in [0.1, 0.15) is 11.0 Å². The number of nitrogens with zero attached hydrogens (tertiary/aromatic N) is 3. The fourth-order valence-electron chi connectivity index (χ4n) is 2.96. The Kier molecular flexibility index (Phi) is 4.14. The van der Waals surface area contributed by atoms with E-state index in [0.29, 0.717) is 4.90 Å². The predicted molar refractivity (Wildman–Crippen MR) is 104 cm³/mol. The summed E-state index contributed by atoms with van der Waals surface area (Å²) >= 11 is 0. The summed E-state index contributed by atoms with van der Waals surface area (Å²) in [5, 5.41) is 10.0. The number of nitrogens with two attached hydrogens (primary N) is 1. The Hall–Kier alpha value is -2.83. The quantitative estimate of drug-likeness (QED) is 0.604. The highest BCUT2D eigenvalue weighted by Gasteiger charge is 2.12. The van der Waals surface area contributed by atoms with E-state index in [-0.39, 0.29) is 0 Å². The molecule has 0 fully saturated rings. The van der Waals surface area contributed by atoms with E-state index >= 15 is 0 Å². The molecule has 0 aliphatic carbocycles. The van der Waals surface area contributed by atoms with Gasteiger partial charge in [0.25, 0.3) is 0 Å². The van der Waals surface area contributed by atoms with Gasteiger partial charge in [0.15, 0.2) is 5.65 Å². The molecule has 0 amide bonds. The maximum Gasteiger partial charge on any atom is 0.162 e. The molecule has 6 heteroatoms. The number of aromatic nitrogens is 3. The van der Waals surface area contributed by atoms with Crippen LogP contribution in [0.4, 0.5) is 0 Å². The lowest BCUT2D eigenvalue weighted by Gasteiger charge is -2.06. The third kappa shape index (κ3) is 2.94. The Labute approximate surface area is 154 Å². The number of hydrogen-bond acceptors (Lipinski definition) is 3. The number of aryl methyl sites for hydroxylation is 2. The van der Waals surface area contributed by atoms with Crippen molar-refractivity contribution >= 4 is 16.6 Å². The van der Waals surface area contributed by atoms with Crippen LogP contribution in [0.25, 0.3) is 27.9 Å². The van der Waals surface area contributed by atoms with E-state index in [9.17, 15) is 4.21 Å². The molecule has 1 unspecified atom stereocenters. The highest BCUT2D eigenvalue weighted by molar-refractivity contribution is 7.82. The zero-order chi connectivity index (χ0) is 18.3. The van der Waals surface area contributed by atoms with E-state index < -0.39 is 11.0 Å². The van der Waals surface area contributed by atoms with Crippen molar-refractivity contribution in [2.75, 3.05) is 0 Å². The fraction of sp³-hybridized carbons (Fsp3) is 0.100. The summed E-state index contributed by atoms with van der Waals surface area (Å²) in [6.45, 7) is 3.96. The van der Waals surface area contributed by atoms with Crippen molar-refractivity contribution in [3.8, 4) is 22.3 Å². The third-order valence-corrected chi connectivity index (χ3v) is 5.33. The summed E-state index contributed by atoms with van der Waals surface area (Å²) < 4.78 is 13.5. The average Bonchev–Trinajstić information content (AvgIpc) is 3.05. The molecule has 1 atom stereocenters. The van der Waals surface area contributed by atoms with Crippen LogP contribution < -0.4 is 5.14 Å². The Morgan fingerprint density at radius 3 is 2.42 bits per heavy atom. The first-order valence-corrected chi connectivity index (χ1v) is 9.42. The SMILES string of the molecule is Cc1ccc(-c2cnc3c(-c4ccc(C)c(S(N)=O)c4)cnn3c2)cc1. The van der Waals surface area contributed by atoms with Crippen molar-refractivity contribution in [3.05, 3.63) is 72.2 Å². The molecular weight excluding hydrogens is 344 g/mol. The Balaban J connectivity index is 1.80. The van der Waals surface area contributed by atoms with Crippen LogP contribution in [0.1, 0.15) is 11.1 Å². The number of benzene rings is 2. The van der Waals surface area contributed by atoms with E-state index in [1.165, 1.54) is 5.56 Å². The van der Waals surface area contributed by atoms with Gasteiger partial charge in [-0.15, -0.1) is 0 Å². The first-order valence-electron chi connectivity index (χ1n) is 8.20. The predicted octanol–water partition coefficient (Wildman–Crippen LogP) is 3.66. The molecule has 2 N–H and O–H groups in total. The Morgan fingerprint density at radius 1 is 0.962 bits per heavy atom. The molecule has 26 heavy (non-hydrogen) atoms. The van der Waals surface area contributed by atoms with Gasteiger partial charge in [0.05, 0.1) is 11.1 Å². The fourth-order valence-corrected chi connectivity index (χ4v) is 3.59. The highest BCUT2D eigenvalue weighted by Crippen LogP contribution is 2.28. The van der Waals surface area contributed by atoms with Crippen LogP contribution in [0.3, 0.4) is 0 Å². The zero-order valence-corrected chi connectivity index (χ0v) is 15.3. The second kappa shape index (κ2) is 6.48. The van der Waals surface area contributed by atoms with Crippen LogP contribution in [-0.4, -0.2) is 18.8 Å². The van der Waals surface area contributed by atoms with Crippen LogP contribution in [0, 0.1) is 13.8 Å². The standard InChI is InChI=1S/C20H18N4OS/c1-13-3-6-15(7-4-13)17-10-22-20-18(11-23-24(20)12-17)16-8-5-14(2)19(9-16)26(21)25/h3-12H,21H2,1-2H3. The molecule has 0 saturated carbocycles. The largest absolute Gasteiger partial charge is 0.248 e. The third-order valence-electron chi connectivity index (χ3n) is 4.46. The Morgan fingerprint density at radius 2 is 1.69 bits per heavy atom. The maximum absolute atomic E-state index is 11.7. The molecule has 0 bridgehead atoms. The highest BCUT2D eigenvalue weighted by atomic mass is 32.2. The van der Waals surface area contributed by atoms with Crippen molar-refractivity contribution in [1.29, 1.82) is 0 Å². The number of fused-ring (bicyclic) bond motifs is 1. The van der Waals surface area contributed by atoms with Crippen molar-refractivity contribution in [1.82, 2.24) is 14.6 Å². The molecule has 2 heterocycles. The van der Waals surface area contributed by atoms with Gasteiger partial charge in [-0.1, -0.05) is 42.0 Å². The molecule has 2 aromatic heterocycles. The average molecular weight is 362 g/mol. The molecule has 2 aromatic carbocycles. The molecule has 0 spiro atoms. The van der Waals surface area contributed by atoms with Crippen LogP contribution in [0.2, 0.25) is 0 Å². The van der Waals surface area contributed by atoms with Gasteiger partial charge in [-0.2, -0.15) is 5.10 Å². The summed E-state index contributed by atoms with van der Waals surface area (Å²) in [5.74, 6) is 0. The smallest absolute Gasteiger partial charge is 0.162 e. The summed E-state index contributed by atoms with van der Waals surface area (Å²) in [6, 6.07) is 14.0. The van der Waals surface area contributed by atoms with Crippen molar-refractivity contribution < 1.29 is 4.21 Å². The topological polar surface area (TPSA) is 73.3 Å². The van der Waals surface area contributed by atoms with Gasteiger partial charge in [0, 0.05) is 23.5 Å². The molecule has 0 saturated heterocycles. The zero-order valence-electron chi connectivity index (χ0n) is 14.5. The van der Waals surface area contributed by atoms with Gasteiger partial charge in [0.2, 0.25) is 0 Å². The molecule has 0 radical (unpaired) electrons. The van der Waals surface area contributed by atoms with Gasteiger partial charge >= 0.3 is 0 Å². The number of hydrogen-bond donors (Lipinski definition) is 1. The molecule has 4 aromatic rings. The molecule has 0 aliphatic heterocycles. The first kappa shape index (κ1) is 16.6. The van der Waals surface area contributed by atoms with Crippen LogP contribution in [0.15, 0.2) is 66.0 Å². The van der Waals surface area contributed by atoms with Crippen molar-refractivity contribution in [2.24, 2.45) is 5.14 Å². The molecule has 0 aliphatic rings. The van der Waals surface area contributed by atoms with Gasteiger partial charge in [-0.05, 0) is 36.6 Å². The first-order chi connectivity index (χ1) is 12.5. The van der Waals surface area contributed by atoms with Gasteiger partial charge in [-0.3, -0.25) is 0 Å². The molecule has 4 rings (SSSR count). The second-order valence-electron chi connectivity index (χ2n) is 6.31. The van der Waals surface area contributed by atoms with Gasteiger partial charge in [-0.25, -0.2) is 18.8 Å². The normalized spacial score (nSPS) is 12.4. The monoisotopic (exact) mass is 362 g/mol. The molecule has 130 valence electrons. The minimum absolute atomic E-state index is 0.623. The number of rotatable bonds is 3. The minimum Gasteiger partial charge on any atom is -0.248 e.